The predicted molar refractivity (Wildman–Crippen MR) is 118 cm³/mol. The van der Waals surface area contributed by atoms with Crippen LogP contribution in [0.3, 0.4) is 0 Å². The number of benzene rings is 2. The van der Waals surface area contributed by atoms with E-state index in [0.29, 0.717) is 39.2 Å². The van der Waals surface area contributed by atoms with Gasteiger partial charge in [0.15, 0.2) is 5.76 Å². The van der Waals surface area contributed by atoms with E-state index in [4.69, 9.17) is 37.1 Å². The smallest absolute Gasteiger partial charge is 0.338 e. The first kappa shape index (κ1) is 21.4. The van der Waals surface area contributed by atoms with Crippen LogP contribution >= 0.6 is 23.2 Å². The number of nitrogens with one attached hydrogen (secondary N) is 1. The normalized spacial score (nSPS) is 15.6. The van der Waals surface area contributed by atoms with Gasteiger partial charge in [-0.25, -0.2) is 4.79 Å². The lowest BCUT2D eigenvalue weighted by molar-refractivity contribution is 0.0161. The van der Waals surface area contributed by atoms with E-state index in [0.717, 1.165) is 12.8 Å². The monoisotopic (exact) mass is 459 g/mol. The molecule has 0 bridgehead atoms. The van der Waals surface area contributed by atoms with Gasteiger partial charge >= 0.3 is 5.97 Å². The molecule has 3 aromatic rings. The first-order valence-electron chi connectivity index (χ1n) is 9.75. The molecule has 1 aromatic heterocycles. The molecule has 4 rings (SSSR count). The summed E-state index contributed by atoms with van der Waals surface area (Å²) in [6.07, 6.45) is 1.86. The highest BCUT2D eigenvalue weighted by Crippen LogP contribution is 2.31. The molecule has 1 fully saturated rings. The van der Waals surface area contributed by atoms with Crippen molar-refractivity contribution in [1.29, 1.82) is 0 Å². The predicted octanol–water partition coefficient (Wildman–Crippen LogP) is 5.84. The topological polar surface area (TPSA) is 77.8 Å². The maximum Gasteiger partial charge on any atom is 0.338 e. The van der Waals surface area contributed by atoms with Gasteiger partial charge < -0.3 is 19.2 Å². The van der Waals surface area contributed by atoms with E-state index in [1.54, 1.807) is 54.6 Å². The molecule has 1 unspecified atom stereocenters. The van der Waals surface area contributed by atoms with Crippen LogP contribution in [-0.2, 0) is 9.47 Å². The SMILES string of the molecule is O=C(OCC1CCCO1)c1ccc(NC(=O)c2ccc(-c3ccc(Cl)cc3Cl)o2)cc1. The average Bonchev–Trinajstić information content (AvgIpc) is 3.45. The summed E-state index contributed by atoms with van der Waals surface area (Å²) in [7, 11) is 0. The number of amides is 1. The lowest BCUT2D eigenvalue weighted by Crippen LogP contribution is -2.18. The molecule has 0 spiro atoms. The maximum absolute atomic E-state index is 12.5. The van der Waals surface area contributed by atoms with Gasteiger partial charge in [-0.2, -0.15) is 0 Å². The molecule has 1 atom stereocenters. The minimum atomic E-state index is -0.427. The van der Waals surface area contributed by atoms with Gasteiger partial charge in [0.25, 0.3) is 5.91 Å². The number of esters is 1. The molecule has 2 aromatic carbocycles. The van der Waals surface area contributed by atoms with E-state index >= 15 is 0 Å². The first-order chi connectivity index (χ1) is 15.0. The zero-order valence-electron chi connectivity index (χ0n) is 16.4. The molecule has 1 N–H and O–H groups in total. The van der Waals surface area contributed by atoms with Crippen LogP contribution < -0.4 is 5.32 Å². The Labute approximate surface area is 189 Å². The van der Waals surface area contributed by atoms with Gasteiger partial charge in [-0.3, -0.25) is 4.79 Å². The van der Waals surface area contributed by atoms with E-state index in [9.17, 15) is 9.59 Å². The van der Waals surface area contributed by atoms with Crippen LogP contribution in [0.25, 0.3) is 11.3 Å². The Morgan fingerprint density at radius 3 is 2.58 bits per heavy atom. The molecule has 160 valence electrons. The van der Waals surface area contributed by atoms with Crippen molar-refractivity contribution in [3.8, 4) is 11.3 Å². The second-order valence-corrected chi connectivity index (χ2v) is 7.90. The summed E-state index contributed by atoms with van der Waals surface area (Å²) < 4.78 is 16.4. The highest BCUT2D eigenvalue weighted by Gasteiger charge is 2.18. The zero-order valence-corrected chi connectivity index (χ0v) is 17.9. The summed E-state index contributed by atoms with van der Waals surface area (Å²) in [4.78, 5) is 24.6. The Morgan fingerprint density at radius 1 is 1.06 bits per heavy atom. The highest BCUT2D eigenvalue weighted by atomic mass is 35.5. The van der Waals surface area contributed by atoms with Crippen LogP contribution in [0.5, 0.6) is 0 Å². The number of rotatable bonds is 6. The van der Waals surface area contributed by atoms with Crippen LogP contribution in [0.4, 0.5) is 5.69 Å². The summed E-state index contributed by atoms with van der Waals surface area (Å²) >= 11 is 12.1. The van der Waals surface area contributed by atoms with Crippen molar-refractivity contribution in [1.82, 2.24) is 0 Å². The minimum Gasteiger partial charge on any atom is -0.459 e. The fraction of sp³-hybridized carbons (Fsp3) is 0.217. The van der Waals surface area contributed by atoms with Gasteiger partial charge in [0, 0.05) is 22.9 Å². The van der Waals surface area contributed by atoms with Gasteiger partial charge in [0.1, 0.15) is 12.4 Å². The number of hydrogen-bond acceptors (Lipinski definition) is 5. The Balaban J connectivity index is 1.36. The fourth-order valence-corrected chi connectivity index (χ4v) is 3.71. The Morgan fingerprint density at radius 2 is 1.87 bits per heavy atom. The van der Waals surface area contributed by atoms with Crippen molar-refractivity contribution < 1.29 is 23.5 Å². The molecule has 0 aliphatic carbocycles. The van der Waals surface area contributed by atoms with E-state index in [2.05, 4.69) is 5.32 Å². The summed E-state index contributed by atoms with van der Waals surface area (Å²) in [5, 5.41) is 3.67. The summed E-state index contributed by atoms with van der Waals surface area (Å²) in [6.45, 7) is 0.955. The number of halogens is 2. The Hall–Kier alpha value is -2.80. The van der Waals surface area contributed by atoms with E-state index < -0.39 is 11.9 Å². The van der Waals surface area contributed by atoms with Crippen molar-refractivity contribution in [2.24, 2.45) is 0 Å². The summed E-state index contributed by atoms with van der Waals surface area (Å²) in [5.41, 5.74) is 1.55. The minimum absolute atomic E-state index is 0.0246. The van der Waals surface area contributed by atoms with Crippen LogP contribution in [0.15, 0.2) is 59.0 Å². The molecule has 0 saturated carbocycles. The van der Waals surface area contributed by atoms with Crippen molar-refractivity contribution in [3.63, 3.8) is 0 Å². The summed E-state index contributed by atoms with van der Waals surface area (Å²) in [5.74, 6) is -0.272. The van der Waals surface area contributed by atoms with Gasteiger partial charge in [0.05, 0.1) is 16.7 Å². The third-order valence-electron chi connectivity index (χ3n) is 4.83. The third kappa shape index (κ3) is 5.28. The molecule has 6 nitrogen and oxygen atoms in total. The average molecular weight is 460 g/mol. The van der Waals surface area contributed by atoms with E-state index in [-0.39, 0.29) is 18.5 Å². The zero-order chi connectivity index (χ0) is 21.8. The standard InChI is InChI=1S/C23H19Cl2NO5/c24-15-5-8-18(19(25)12-15)20-9-10-21(31-20)22(27)26-16-6-3-14(4-7-16)23(28)30-13-17-2-1-11-29-17/h3-10,12,17H,1-2,11,13H2,(H,26,27). The van der Waals surface area contributed by atoms with Crippen LogP contribution in [0.2, 0.25) is 10.0 Å². The fourth-order valence-electron chi connectivity index (χ4n) is 3.20. The third-order valence-corrected chi connectivity index (χ3v) is 5.38. The summed E-state index contributed by atoms with van der Waals surface area (Å²) in [6, 6.07) is 14.7. The maximum atomic E-state index is 12.5. The molecule has 8 heteroatoms. The number of furan rings is 1. The molecule has 1 aliphatic heterocycles. The largest absolute Gasteiger partial charge is 0.459 e. The molecule has 1 aliphatic rings. The lowest BCUT2D eigenvalue weighted by atomic mass is 10.2. The van der Waals surface area contributed by atoms with E-state index in [1.165, 1.54) is 0 Å². The molecule has 0 radical (unpaired) electrons. The second kappa shape index (κ2) is 9.56. The van der Waals surface area contributed by atoms with Gasteiger partial charge in [-0.15, -0.1) is 0 Å². The van der Waals surface area contributed by atoms with Crippen LogP contribution in [-0.4, -0.2) is 31.2 Å². The number of carbonyl (C=O) groups excluding carboxylic acids is 2. The van der Waals surface area contributed by atoms with Crippen LogP contribution in [0, 0.1) is 0 Å². The number of hydrogen-bond donors (Lipinski definition) is 1. The molecule has 2 heterocycles. The van der Waals surface area contributed by atoms with Crippen LogP contribution in [0.1, 0.15) is 33.8 Å². The molecule has 1 amide bonds. The lowest BCUT2D eigenvalue weighted by Gasteiger charge is -2.10. The molecule has 31 heavy (non-hydrogen) atoms. The van der Waals surface area contributed by atoms with Gasteiger partial charge in [-0.1, -0.05) is 23.2 Å². The van der Waals surface area contributed by atoms with Crippen molar-refractivity contribution in [3.05, 3.63) is 76.0 Å². The number of carbonyl (C=O) groups is 2. The van der Waals surface area contributed by atoms with Gasteiger partial charge in [0.2, 0.25) is 0 Å². The number of ether oxygens (including phenoxy) is 2. The number of anilines is 1. The van der Waals surface area contributed by atoms with E-state index in [1.807, 2.05) is 0 Å². The Kier molecular flexibility index (Phi) is 6.61. The van der Waals surface area contributed by atoms with Gasteiger partial charge in [-0.05, 0) is 67.4 Å². The van der Waals surface area contributed by atoms with Crippen molar-refractivity contribution in [2.75, 3.05) is 18.5 Å². The Bertz CT molecular complexity index is 1090. The second-order valence-electron chi connectivity index (χ2n) is 7.05. The first-order valence-corrected chi connectivity index (χ1v) is 10.5. The van der Waals surface area contributed by atoms with Crippen molar-refractivity contribution >= 4 is 40.8 Å². The molecular formula is C23H19Cl2NO5. The highest BCUT2D eigenvalue weighted by molar-refractivity contribution is 6.36. The van der Waals surface area contributed by atoms with Crippen molar-refractivity contribution in [2.45, 2.75) is 18.9 Å². The quantitative estimate of drug-likeness (QED) is 0.468. The molecular weight excluding hydrogens is 441 g/mol. The molecule has 1 saturated heterocycles.